The molecule has 3 aliphatic rings. The summed E-state index contributed by atoms with van der Waals surface area (Å²) in [6.07, 6.45) is 4.05. The number of hydrogen-bond donors (Lipinski definition) is 2. The van der Waals surface area contributed by atoms with Crippen molar-refractivity contribution in [3.8, 4) is 0 Å². The standard InChI is InChI=1S/C32H43N3O7/c1-5-7-14-25(37)33-20-24(22-12-9-8-10-13-22)41-31(40)26-23-15-16-32(42-23)27(26)29(38)35(18-11-19-36)28(32)30(39)34(17-6-2)21(3)4/h5-6,8-10,12-13,21,23-24,26-28,36H,1-2,7,11,14-20H2,3-4H3,(H,33,37)/t23-,24-,26+,27+,28-,32+/m0/s1. The topological polar surface area (TPSA) is 125 Å². The summed E-state index contributed by atoms with van der Waals surface area (Å²) in [5.74, 6) is -3.13. The van der Waals surface area contributed by atoms with E-state index >= 15 is 0 Å². The summed E-state index contributed by atoms with van der Waals surface area (Å²) < 4.78 is 12.5. The molecule has 3 heterocycles. The summed E-state index contributed by atoms with van der Waals surface area (Å²) in [6.45, 7) is 11.6. The fourth-order valence-electron chi connectivity index (χ4n) is 6.68. The highest BCUT2D eigenvalue weighted by atomic mass is 16.6. The zero-order valence-corrected chi connectivity index (χ0v) is 24.6. The first-order chi connectivity index (χ1) is 20.2. The number of aliphatic hydroxyl groups is 1. The molecule has 2 N–H and O–H groups in total. The van der Waals surface area contributed by atoms with Crippen LogP contribution in [0.3, 0.4) is 0 Å². The van der Waals surface area contributed by atoms with Crippen LogP contribution in [0.4, 0.5) is 0 Å². The number of carbonyl (C=O) groups excluding carboxylic acids is 4. The van der Waals surface area contributed by atoms with Gasteiger partial charge in [-0.05, 0) is 45.1 Å². The first-order valence-electron chi connectivity index (χ1n) is 14.8. The van der Waals surface area contributed by atoms with E-state index in [1.54, 1.807) is 17.1 Å². The molecular formula is C32H43N3O7. The molecule has 4 rings (SSSR count). The van der Waals surface area contributed by atoms with E-state index in [9.17, 15) is 24.3 Å². The van der Waals surface area contributed by atoms with Gasteiger partial charge in [-0.1, -0.05) is 42.5 Å². The first kappa shape index (κ1) is 31.4. The van der Waals surface area contributed by atoms with Crippen molar-refractivity contribution >= 4 is 23.7 Å². The number of hydrogen-bond acceptors (Lipinski definition) is 7. The van der Waals surface area contributed by atoms with Crippen LogP contribution in [0.2, 0.25) is 0 Å². The molecule has 3 saturated heterocycles. The number of nitrogens with zero attached hydrogens (tertiary/aromatic N) is 2. The number of nitrogens with one attached hydrogen (secondary N) is 1. The quantitative estimate of drug-likeness (QED) is 0.241. The molecule has 1 aromatic rings. The average Bonchev–Trinajstić information content (AvgIpc) is 3.62. The Morgan fingerprint density at radius 1 is 1.24 bits per heavy atom. The lowest BCUT2D eigenvalue weighted by atomic mass is 9.70. The number of aliphatic hydroxyl groups excluding tert-OH is 1. The van der Waals surface area contributed by atoms with Gasteiger partial charge in [-0.2, -0.15) is 0 Å². The molecule has 0 saturated carbocycles. The van der Waals surface area contributed by atoms with Crippen molar-refractivity contribution in [1.29, 1.82) is 0 Å². The Labute approximate surface area is 247 Å². The summed E-state index contributed by atoms with van der Waals surface area (Å²) in [5, 5.41) is 12.4. The second-order valence-corrected chi connectivity index (χ2v) is 11.5. The zero-order chi connectivity index (χ0) is 30.4. The van der Waals surface area contributed by atoms with Crippen molar-refractivity contribution in [2.24, 2.45) is 11.8 Å². The minimum Gasteiger partial charge on any atom is -0.455 e. The Morgan fingerprint density at radius 2 is 1.98 bits per heavy atom. The average molecular weight is 582 g/mol. The number of fused-ring (bicyclic) bond motifs is 1. The molecular weight excluding hydrogens is 538 g/mol. The van der Waals surface area contributed by atoms with Crippen LogP contribution in [0.15, 0.2) is 55.6 Å². The third-order valence-corrected chi connectivity index (χ3v) is 8.59. The van der Waals surface area contributed by atoms with E-state index in [0.29, 0.717) is 37.8 Å². The van der Waals surface area contributed by atoms with Gasteiger partial charge in [0.1, 0.15) is 17.7 Å². The summed E-state index contributed by atoms with van der Waals surface area (Å²) in [4.78, 5) is 57.5. The Balaban J connectivity index is 1.62. The van der Waals surface area contributed by atoms with Crippen LogP contribution in [-0.4, -0.2) is 88.6 Å². The smallest absolute Gasteiger partial charge is 0.313 e. The maximum atomic E-state index is 14.1. The Morgan fingerprint density at radius 3 is 2.62 bits per heavy atom. The van der Waals surface area contributed by atoms with Crippen molar-refractivity contribution in [3.63, 3.8) is 0 Å². The molecule has 10 nitrogen and oxygen atoms in total. The van der Waals surface area contributed by atoms with Crippen molar-refractivity contribution in [3.05, 3.63) is 61.2 Å². The Hall–Kier alpha value is -3.50. The van der Waals surface area contributed by atoms with Gasteiger partial charge < -0.3 is 29.7 Å². The lowest BCUT2D eigenvalue weighted by Gasteiger charge is -2.38. The summed E-state index contributed by atoms with van der Waals surface area (Å²) in [5.41, 5.74) is -0.450. The predicted molar refractivity (Wildman–Crippen MR) is 156 cm³/mol. The molecule has 0 aliphatic carbocycles. The van der Waals surface area contributed by atoms with Crippen LogP contribution < -0.4 is 5.32 Å². The van der Waals surface area contributed by atoms with Crippen molar-refractivity contribution in [2.45, 2.75) is 75.8 Å². The van der Waals surface area contributed by atoms with Crippen LogP contribution in [0.25, 0.3) is 0 Å². The molecule has 42 heavy (non-hydrogen) atoms. The molecule has 3 aliphatic heterocycles. The van der Waals surface area contributed by atoms with E-state index in [1.165, 1.54) is 4.90 Å². The van der Waals surface area contributed by atoms with Gasteiger partial charge in [0.25, 0.3) is 0 Å². The van der Waals surface area contributed by atoms with E-state index in [2.05, 4.69) is 18.5 Å². The first-order valence-corrected chi connectivity index (χ1v) is 14.8. The highest BCUT2D eigenvalue weighted by molar-refractivity contribution is 5.98. The largest absolute Gasteiger partial charge is 0.455 e. The number of benzene rings is 1. The minimum absolute atomic E-state index is 0.0718. The maximum Gasteiger partial charge on any atom is 0.313 e. The second kappa shape index (κ2) is 13.6. The SMILES string of the molecule is C=CCCC(=O)NC[C@H](OC(=O)[C@@H]1[C@@H]2CC[C@]3(O2)[C@H](C(=O)N(CC=C)C(C)C)N(CCCO)C(=O)[C@@H]13)c1ccccc1. The monoisotopic (exact) mass is 581 g/mol. The fraction of sp³-hybridized carbons (Fsp3) is 0.562. The fourth-order valence-corrected chi connectivity index (χ4v) is 6.68. The van der Waals surface area contributed by atoms with Gasteiger partial charge in [0.05, 0.1) is 24.5 Å². The number of allylic oxidation sites excluding steroid dienone is 1. The highest BCUT2D eigenvalue weighted by Crippen LogP contribution is 2.59. The highest BCUT2D eigenvalue weighted by Gasteiger charge is 2.75. The molecule has 0 unspecified atom stereocenters. The molecule has 1 spiro atoms. The summed E-state index contributed by atoms with van der Waals surface area (Å²) in [7, 11) is 0. The zero-order valence-electron chi connectivity index (χ0n) is 24.6. The molecule has 1 aromatic carbocycles. The van der Waals surface area contributed by atoms with E-state index in [0.717, 1.165) is 0 Å². The van der Waals surface area contributed by atoms with Gasteiger partial charge in [-0.3, -0.25) is 19.2 Å². The number of amides is 3. The second-order valence-electron chi connectivity index (χ2n) is 11.5. The Bertz CT molecular complexity index is 1170. The third-order valence-electron chi connectivity index (χ3n) is 8.59. The van der Waals surface area contributed by atoms with Crippen LogP contribution in [-0.2, 0) is 28.7 Å². The summed E-state index contributed by atoms with van der Waals surface area (Å²) >= 11 is 0. The predicted octanol–water partition coefficient (Wildman–Crippen LogP) is 2.53. The van der Waals surface area contributed by atoms with E-state index in [-0.39, 0.29) is 49.9 Å². The van der Waals surface area contributed by atoms with Gasteiger partial charge in [-0.15, -0.1) is 13.2 Å². The lowest BCUT2D eigenvalue weighted by Crippen LogP contribution is -2.57. The Kier molecular flexibility index (Phi) is 10.2. The van der Waals surface area contributed by atoms with E-state index in [1.807, 2.05) is 44.2 Å². The van der Waals surface area contributed by atoms with Crippen LogP contribution in [0, 0.1) is 11.8 Å². The number of esters is 1. The van der Waals surface area contributed by atoms with Crippen LogP contribution >= 0.6 is 0 Å². The van der Waals surface area contributed by atoms with Gasteiger partial charge >= 0.3 is 5.97 Å². The third kappa shape index (κ3) is 6.01. The number of rotatable bonds is 15. The van der Waals surface area contributed by atoms with E-state index < -0.39 is 41.7 Å². The number of likely N-dealkylation sites (tertiary alicyclic amines) is 1. The molecule has 6 atom stereocenters. The molecule has 3 amide bonds. The molecule has 228 valence electrons. The molecule has 2 bridgehead atoms. The number of ether oxygens (including phenoxy) is 2. The van der Waals surface area contributed by atoms with Crippen molar-refractivity contribution < 1.29 is 33.8 Å². The maximum absolute atomic E-state index is 14.1. The molecule has 3 fully saturated rings. The van der Waals surface area contributed by atoms with Crippen LogP contribution in [0.5, 0.6) is 0 Å². The lowest BCUT2D eigenvalue weighted by molar-refractivity contribution is -0.160. The normalized spacial score (nSPS) is 26.6. The molecule has 0 radical (unpaired) electrons. The van der Waals surface area contributed by atoms with Crippen molar-refractivity contribution in [1.82, 2.24) is 15.1 Å². The molecule has 0 aromatic heterocycles. The van der Waals surface area contributed by atoms with E-state index in [4.69, 9.17) is 9.47 Å². The van der Waals surface area contributed by atoms with Gasteiger partial charge in [-0.25, -0.2) is 0 Å². The van der Waals surface area contributed by atoms with Gasteiger partial charge in [0.15, 0.2) is 0 Å². The molecule has 10 heteroatoms. The van der Waals surface area contributed by atoms with Gasteiger partial charge in [0, 0.05) is 32.2 Å². The van der Waals surface area contributed by atoms with Crippen LogP contribution in [0.1, 0.15) is 57.6 Å². The number of carbonyl (C=O) groups is 4. The minimum atomic E-state index is -1.16. The van der Waals surface area contributed by atoms with Gasteiger partial charge in [0.2, 0.25) is 17.7 Å². The van der Waals surface area contributed by atoms with Crippen molar-refractivity contribution in [2.75, 3.05) is 26.2 Å². The summed E-state index contributed by atoms with van der Waals surface area (Å²) in [6, 6.07) is 8.07.